The number of anilines is 2. The molecule has 0 saturated heterocycles. The summed E-state index contributed by atoms with van der Waals surface area (Å²) in [5.41, 5.74) is 6.18. The van der Waals surface area contributed by atoms with Crippen molar-refractivity contribution in [2.75, 3.05) is 24.1 Å². The zero-order valence-corrected chi connectivity index (χ0v) is 12.0. The molecule has 1 unspecified atom stereocenters. The third kappa shape index (κ3) is 3.70. The van der Waals surface area contributed by atoms with Crippen LogP contribution in [-0.4, -0.2) is 29.9 Å². The van der Waals surface area contributed by atoms with Gasteiger partial charge in [0.1, 0.15) is 5.82 Å². The fourth-order valence-electron chi connectivity index (χ4n) is 2.23. The van der Waals surface area contributed by atoms with Gasteiger partial charge in [0, 0.05) is 12.2 Å². The number of nitrogens with two attached hydrogens (primary N) is 1. The van der Waals surface area contributed by atoms with E-state index in [4.69, 9.17) is 5.73 Å². The first-order chi connectivity index (χ1) is 9.51. The van der Waals surface area contributed by atoms with Crippen LogP contribution in [0.15, 0.2) is 18.2 Å². The molecular weight excluding hydrogens is 257 g/mol. The lowest BCUT2D eigenvalue weighted by Gasteiger charge is -2.26. The fraction of sp³-hybridized carbons (Fsp3) is 0.533. The maximum Gasteiger partial charge on any atom is 0.241 e. The van der Waals surface area contributed by atoms with Crippen molar-refractivity contribution in [3.8, 4) is 0 Å². The minimum absolute atomic E-state index is 0.143. The number of nitrogens with one attached hydrogen (secondary N) is 1. The Balaban J connectivity index is 2.00. The van der Waals surface area contributed by atoms with Gasteiger partial charge in [-0.1, -0.05) is 6.92 Å². The molecule has 0 bridgehead atoms. The van der Waals surface area contributed by atoms with Crippen LogP contribution in [0.25, 0.3) is 0 Å². The van der Waals surface area contributed by atoms with Gasteiger partial charge in [0.05, 0.1) is 11.7 Å². The Morgan fingerprint density at radius 1 is 1.55 bits per heavy atom. The van der Waals surface area contributed by atoms with Crippen molar-refractivity contribution >= 4 is 17.3 Å². The number of carbonyl (C=O) groups excluding carboxylic acids is 1. The standard InChI is InChI=1S/C15H22FN3O/c1-3-19(9-11-4-5-11)10(2)15(20)18-14-8-12(17)6-7-13(14)16/h6-8,10-11H,3-5,9,17H2,1-2H3,(H,18,20). The monoisotopic (exact) mass is 279 g/mol. The van der Waals surface area contributed by atoms with Crippen molar-refractivity contribution in [3.05, 3.63) is 24.0 Å². The lowest BCUT2D eigenvalue weighted by atomic mass is 10.2. The largest absolute Gasteiger partial charge is 0.399 e. The Hall–Kier alpha value is -1.62. The summed E-state index contributed by atoms with van der Waals surface area (Å²) >= 11 is 0. The molecule has 1 saturated carbocycles. The number of likely N-dealkylation sites (N-methyl/N-ethyl adjacent to an activating group) is 1. The summed E-state index contributed by atoms with van der Waals surface area (Å²) in [7, 11) is 0. The zero-order chi connectivity index (χ0) is 14.7. The van der Waals surface area contributed by atoms with E-state index in [2.05, 4.69) is 10.2 Å². The van der Waals surface area contributed by atoms with E-state index >= 15 is 0 Å². The summed E-state index contributed by atoms with van der Waals surface area (Å²) in [6.45, 7) is 5.63. The zero-order valence-electron chi connectivity index (χ0n) is 12.0. The van der Waals surface area contributed by atoms with E-state index in [1.165, 1.54) is 31.0 Å². The first-order valence-corrected chi connectivity index (χ1v) is 7.11. The lowest BCUT2D eigenvalue weighted by molar-refractivity contribution is -0.120. The topological polar surface area (TPSA) is 58.4 Å². The molecule has 0 radical (unpaired) electrons. The summed E-state index contributed by atoms with van der Waals surface area (Å²) in [5, 5.41) is 2.62. The van der Waals surface area contributed by atoms with Gasteiger partial charge < -0.3 is 11.1 Å². The summed E-state index contributed by atoms with van der Waals surface area (Å²) < 4.78 is 13.6. The SMILES string of the molecule is CCN(CC1CC1)C(C)C(=O)Nc1cc(N)ccc1F. The van der Waals surface area contributed by atoms with Gasteiger partial charge in [-0.25, -0.2) is 4.39 Å². The molecule has 1 atom stereocenters. The Bertz CT molecular complexity index is 488. The summed E-state index contributed by atoms with van der Waals surface area (Å²) in [6, 6.07) is 3.90. The van der Waals surface area contributed by atoms with Crippen LogP contribution >= 0.6 is 0 Å². The number of nitrogen functional groups attached to an aromatic ring is 1. The normalized spacial score (nSPS) is 16.2. The molecule has 1 aliphatic rings. The van der Waals surface area contributed by atoms with Crippen LogP contribution in [0.5, 0.6) is 0 Å². The number of hydrogen-bond donors (Lipinski definition) is 2. The first kappa shape index (κ1) is 14.8. The Labute approximate surface area is 119 Å². The van der Waals surface area contributed by atoms with Gasteiger partial charge in [0.2, 0.25) is 5.91 Å². The molecule has 1 amide bonds. The molecule has 1 aliphatic carbocycles. The molecule has 4 nitrogen and oxygen atoms in total. The van der Waals surface area contributed by atoms with Crippen molar-refractivity contribution < 1.29 is 9.18 Å². The van der Waals surface area contributed by atoms with Crippen LogP contribution in [-0.2, 0) is 4.79 Å². The van der Waals surface area contributed by atoms with E-state index in [1.807, 2.05) is 13.8 Å². The van der Waals surface area contributed by atoms with Crippen molar-refractivity contribution in [1.29, 1.82) is 0 Å². The highest BCUT2D eigenvalue weighted by molar-refractivity contribution is 5.95. The Morgan fingerprint density at radius 2 is 2.25 bits per heavy atom. The van der Waals surface area contributed by atoms with Crippen molar-refractivity contribution in [1.82, 2.24) is 4.90 Å². The van der Waals surface area contributed by atoms with Crippen LogP contribution in [0, 0.1) is 11.7 Å². The quantitative estimate of drug-likeness (QED) is 0.786. The second-order valence-electron chi connectivity index (χ2n) is 5.44. The number of nitrogens with zero attached hydrogens (tertiary/aromatic N) is 1. The molecule has 0 aromatic heterocycles. The van der Waals surface area contributed by atoms with E-state index in [9.17, 15) is 9.18 Å². The number of benzene rings is 1. The Kier molecular flexibility index (Phi) is 4.60. The second kappa shape index (κ2) is 6.22. The molecule has 1 aromatic carbocycles. The van der Waals surface area contributed by atoms with Gasteiger partial charge in [0.25, 0.3) is 0 Å². The summed E-state index contributed by atoms with van der Waals surface area (Å²) in [4.78, 5) is 14.3. The highest BCUT2D eigenvalue weighted by Gasteiger charge is 2.28. The predicted molar refractivity (Wildman–Crippen MR) is 78.9 cm³/mol. The third-order valence-corrected chi connectivity index (χ3v) is 3.77. The molecule has 1 fully saturated rings. The number of hydrogen-bond acceptors (Lipinski definition) is 3. The van der Waals surface area contributed by atoms with Crippen LogP contribution < -0.4 is 11.1 Å². The number of rotatable bonds is 6. The molecule has 0 heterocycles. The van der Waals surface area contributed by atoms with Gasteiger partial charge in [-0.3, -0.25) is 9.69 Å². The number of carbonyl (C=O) groups is 1. The van der Waals surface area contributed by atoms with Gasteiger partial charge in [-0.15, -0.1) is 0 Å². The Morgan fingerprint density at radius 3 is 2.85 bits per heavy atom. The van der Waals surface area contributed by atoms with Crippen LogP contribution in [0.2, 0.25) is 0 Å². The van der Waals surface area contributed by atoms with Gasteiger partial charge >= 0.3 is 0 Å². The average molecular weight is 279 g/mol. The smallest absolute Gasteiger partial charge is 0.241 e. The summed E-state index contributed by atoms with van der Waals surface area (Å²) in [6.07, 6.45) is 2.49. The number of amides is 1. The van der Waals surface area contributed by atoms with Crippen molar-refractivity contribution in [3.63, 3.8) is 0 Å². The van der Waals surface area contributed by atoms with E-state index in [1.54, 1.807) is 0 Å². The minimum atomic E-state index is -0.468. The number of halogens is 1. The van der Waals surface area contributed by atoms with Crippen LogP contribution in [0.4, 0.5) is 15.8 Å². The predicted octanol–water partition coefficient (Wildman–Crippen LogP) is 2.47. The molecular formula is C15H22FN3O. The van der Waals surface area contributed by atoms with E-state index in [0.717, 1.165) is 13.1 Å². The summed E-state index contributed by atoms with van der Waals surface area (Å²) in [5.74, 6) is 0.0521. The molecule has 0 aliphatic heterocycles. The van der Waals surface area contributed by atoms with E-state index in [-0.39, 0.29) is 17.6 Å². The van der Waals surface area contributed by atoms with Crippen LogP contribution in [0.3, 0.4) is 0 Å². The minimum Gasteiger partial charge on any atom is -0.399 e. The maximum absolute atomic E-state index is 13.6. The molecule has 5 heteroatoms. The van der Waals surface area contributed by atoms with Gasteiger partial charge in [-0.2, -0.15) is 0 Å². The molecule has 3 N–H and O–H groups in total. The highest BCUT2D eigenvalue weighted by atomic mass is 19.1. The van der Waals surface area contributed by atoms with Crippen LogP contribution in [0.1, 0.15) is 26.7 Å². The molecule has 1 aromatic rings. The van der Waals surface area contributed by atoms with Crippen molar-refractivity contribution in [2.24, 2.45) is 5.92 Å². The first-order valence-electron chi connectivity index (χ1n) is 7.11. The van der Waals surface area contributed by atoms with Gasteiger partial charge in [0.15, 0.2) is 0 Å². The fourth-order valence-corrected chi connectivity index (χ4v) is 2.23. The molecule has 110 valence electrons. The average Bonchev–Trinajstić information content (AvgIpc) is 3.23. The molecule has 0 spiro atoms. The molecule has 2 rings (SSSR count). The highest BCUT2D eigenvalue weighted by Crippen LogP contribution is 2.30. The third-order valence-electron chi connectivity index (χ3n) is 3.77. The second-order valence-corrected chi connectivity index (χ2v) is 5.44. The van der Waals surface area contributed by atoms with E-state index in [0.29, 0.717) is 11.6 Å². The molecule has 20 heavy (non-hydrogen) atoms. The van der Waals surface area contributed by atoms with E-state index < -0.39 is 5.82 Å². The van der Waals surface area contributed by atoms with Gasteiger partial charge in [-0.05, 0) is 50.4 Å². The lowest BCUT2D eigenvalue weighted by Crippen LogP contribution is -2.43. The maximum atomic E-state index is 13.6. The van der Waals surface area contributed by atoms with Crippen molar-refractivity contribution in [2.45, 2.75) is 32.7 Å².